The Balaban J connectivity index is 1.26. The lowest BCUT2D eigenvalue weighted by Crippen LogP contribution is -2.32. The quantitative estimate of drug-likeness (QED) is 0.152. The fourth-order valence-corrected chi connectivity index (χ4v) is 11.4. The Morgan fingerprint density at radius 2 is 0.970 bits per heavy atom. The molecule has 2 aliphatic rings. The SMILES string of the molecule is CC1=CC=CC(N(c2ccccc2)c2cc3c(c4oc5ccccc5c24)-c2c(cc(N(c4ccccc4)c4cccc(C)c4)c4c2oc2ccccc24)C3(c2ccccc2)c2ccccc2)C1. The van der Waals surface area contributed by atoms with Crippen molar-refractivity contribution in [2.24, 2.45) is 0 Å². The summed E-state index contributed by atoms with van der Waals surface area (Å²) in [5.74, 6) is 0. The van der Waals surface area contributed by atoms with E-state index in [-0.39, 0.29) is 6.04 Å². The van der Waals surface area contributed by atoms with E-state index in [0.29, 0.717) is 0 Å². The maximum absolute atomic E-state index is 7.40. The maximum atomic E-state index is 7.40. The highest BCUT2D eigenvalue weighted by Crippen LogP contribution is 2.64. The Kier molecular flexibility index (Phi) is 8.97. The molecule has 0 saturated heterocycles. The smallest absolute Gasteiger partial charge is 0.145 e. The van der Waals surface area contributed by atoms with E-state index in [0.717, 1.165) is 112 Å². The van der Waals surface area contributed by atoms with Gasteiger partial charge in [-0.1, -0.05) is 169 Å². The van der Waals surface area contributed by atoms with Crippen molar-refractivity contribution in [1.29, 1.82) is 0 Å². The van der Waals surface area contributed by atoms with Crippen molar-refractivity contribution in [2.75, 3.05) is 9.80 Å². The van der Waals surface area contributed by atoms with Crippen LogP contribution in [0.2, 0.25) is 0 Å². The predicted molar refractivity (Wildman–Crippen MR) is 278 cm³/mol. The fourth-order valence-electron chi connectivity index (χ4n) is 11.4. The number of fused-ring (bicyclic) bond motifs is 11. The van der Waals surface area contributed by atoms with Gasteiger partial charge in [0.15, 0.2) is 0 Å². The van der Waals surface area contributed by atoms with E-state index in [1.54, 1.807) is 0 Å². The van der Waals surface area contributed by atoms with Crippen molar-refractivity contribution in [2.45, 2.75) is 31.7 Å². The standard InChI is InChI=1S/C63H46N2O2/c1-41-21-19-31-47(37-41)64(45-27-11-5-12-28-45)53-39-51-59(61-57(53)49-33-15-17-35-55(49)66-61)60-52(63(51,43-23-7-3-8-24-43)44-25-9-4-10-26-44)40-54(58-50-34-16-18-36-56(50)67-62(58)60)65(46-29-13-6-14-30-46)48-32-20-22-42(2)38-48/h3-37,39-40,48H,38H2,1-2H3. The fraction of sp³-hybridized carbons (Fsp3) is 0.0794. The topological polar surface area (TPSA) is 32.8 Å². The van der Waals surface area contributed by atoms with E-state index in [1.165, 1.54) is 11.1 Å². The first-order chi connectivity index (χ1) is 33.1. The van der Waals surface area contributed by atoms with Crippen LogP contribution in [0.5, 0.6) is 0 Å². The van der Waals surface area contributed by atoms with Gasteiger partial charge in [0.05, 0.1) is 33.6 Å². The van der Waals surface area contributed by atoms with Crippen molar-refractivity contribution < 1.29 is 8.83 Å². The molecule has 1 atom stereocenters. The van der Waals surface area contributed by atoms with Crippen molar-refractivity contribution >= 4 is 72.3 Å². The number of furan rings is 2. The largest absolute Gasteiger partial charge is 0.455 e. The first-order valence-corrected chi connectivity index (χ1v) is 23.3. The second-order valence-electron chi connectivity index (χ2n) is 18.1. The van der Waals surface area contributed by atoms with Crippen LogP contribution in [-0.4, -0.2) is 6.04 Å². The van der Waals surface area contributed by atoms with Crippen LogP contribution in [0.4, 0.5) is 28.4 Å². The van der Waals surface area contributed by atoms with Crippen LogP contribution in [0.3, 0.4) is 0 Å². The van der Waals surface area contributed by atoms with Gasteiger partial charge in [-0.05, 0) is 109 Å². The molecule has 2 aromatic heterocycles. The van der Waals surface area contributed by atoms with Crippen molar-refractivity contribution in [3.8, 4) is 11.1 Å². The van der Waals surface area contributed by atoms with E-state index in [2.05, 4.69) is 248 Å². The third-order valence-electron chi connectivity index (χ3n) is 14.1. The molecule has 4 heteroatoms. The summed E-state index contributed by atoms with van der Waals surface area (Å²) in [5.41, 5.74) is 17.2. The van der Waals surface area contributed by atoms with E-state index in [4.69, 9.17) is 8.83 Å². The van der Waals surface area contributed by atoms with Gasteiger partial charge in [-0.2, -0.15) is 0 Å². The highest BCUT2D eigenvalue weighted by Gasteiger charge is 2.50. The Morgan fingerprint density at radius 3 is 1.54 bits per heavy atom. The molecule has 0 saturated carbocycles. The molecule has 2 heterocycles. The molecule has 0 radical (unpaired) electrons. The van der Waals surface area contributed by atoms with Gasteiger partial charge in [0.1, 0.15) is 22.3 Å². The first-order valence-electron chi connectivity index (χ1n) is 23.3. The molecule has 320 valence electrons. The van der Waals surface area contributed by atoms with Crippen molar-refractivity contribution in [3.63, 3.8) is 0 Å². The van der Waals surface area contributed by atoms with Crippen LogP contribution in [0.1, 0.15) is 41.2 Å². The third-order valence-corrected chi connectivity index (χ3v) is 14.1. The normalized spacial score (nSPS) is 15.0. The Labute approximate surface area is 390 Å². The number of allylic oxidation sites excluding steroid dienone is 2. The first kappa shape index (κ1) is 39.1. The van der Waals surface area contributed by atoms with Crippen LogP contribution in [0.15, 0.2) is 239 Å². The van der Waals surface area contributed by atoms with Crippen molar-refractivity contribution in [3.05, 3.63) is 258 Å². The maximum Gasteiger partial charge on any atom is 0.145 e. The molecule has 4 nitrogen and oxygen atoms in total. The van der Waals surface area contributed by atoms with Gasteiger partial charge in [0.25, 0.3) is 0 Å². The van der Waals surface area contributed by atoms with Crippen LogP contribution in [-0.2, 0) is 5.41 Å². The number of para-hydroxylation sites is 4. The second kappa shape index (κ2) is 15.4. The summed E-state index contributed by atoms with van der Waals surface area (Å²) >= 11 is 0. The number of hydrogen-bond acceptors (Lipinski definition) is 4. The summed E-state index contributed by atoms with van der Waals surface area (Å²) < 4.78 is 14.8. The molecule has 0 bridgehead atoms. The average molecular weight is 863 g/mol. The van der Waals surface area contributed by atoms with Gasteiger partial charge < -0.3 is 18.6 Å². The number of hydrogen-bond donors (Lipinski definition) is 0. The van der Waals surface area contributed by atoms with Crippen LogP contribution >= 0.6 is 0 Å². The third kappa shape index (κ3) is 5.92. The minimum absolute atomic E-state index is 0.0522. The zero-order valence-electron chi connectivity index (χ0n) is 37.4. The highest BCUT2D eigenvalue weighted by molar-refractivity contribution is 6.24. The highest BCUT2D eigenvalue weighted by atomic mass is 16.3. The van der Waals surface area contributed by atoms with E-state index in [1.807, 2.05) is 0 Å². The number of aryl methyl sites for hydroxylation is 1. The molecular formula is C63H46N2O2. The second-order valence-corrected chi connectivity index (χ2v) is 18.1. The Morgan fingerprint density at radius 1 is 0.478 bits per heavy atom. The summed E-state index contributed by atoms with van der Waals surface area (Å²) in [5, 5.41) is 4.27. The molecule has 0 spiro atoms. The van der Waals surface area contributed by atoms with Crippen LogP contribution < -0.4 is 9.80 Å². The van der Waals surface area contributed by atoms with Crippen molar-refractivity contribution in [1.82, 2.24) is 0 Å². The Hall–Kier alpha value is -8.34. The van der Waals surface area contributed by atoms with Gasteiger partial charge in [0.2, 0.25) is 0 Å². The molecule has 0 N–H and O–H groups in total. The lowest BCUT2D eigenvalue weighted by Gasteiger charge is -2.37. The minimum Gasteiger partial charge on any atom is -0.455 e. The number of benzene rings is 9. The number of rotatable bonds is 8. The molecule has 67 heavy (non-hydrogen) atoms. The molecule has 0 aliphatic heterocycles. The van der Waals surface area contributed by atoms with Crippen LogP contribution in [0.25, 0.3) is 55.0 Å². The lowest BCUT2D eigenvalue weighted by atomic mass is 9.67. The summed E-state index contributed by atoms with van der Waals surface area (Å²) in [4.78, 5) is 4.98. The Bertz CT molecular complexity index is 3710. The summed E-state index contributed by atoms with van der Waals surface area (Å²) in [6, 6.07) is 74.8. The minimum atomic E-state index is -0.827. The van der Waals surface area contributed by atoms with E-state index in [9.17, 15) is 0 Å². The van der Waals surface area contributed by atoms with Gasteiger partial charge in [-0.25, -0.2) is 0 Å². The van der Waals surface area contributed by atoms with Gasteiger partial charge in [-0.15, -0.1) is 0 Å². The molecule has 2 aliphatic carbocycles. The lowest BCUT2D eigenvalue weighted by molar-refractivity contribution is 0.665. The van der Waals surface area contributed by atoms with E-state index < -0.39 is 5.41 Å². The van der Waals surface area contributed by atoms with Gasteiger partial charge in [0, 0.05) is 39.0 Å². The molecule has 13 rings (SSSR count). The van der Waals surface area contributed by atoms with Gasteiger partial charge >= 0.3 is 0 Å². The van der Waals surface area contributed by atoms with Gasteiger partial charge in [-0.3, -0.25) is 0 Å². The number of anilines is 5. The average Bonchev–Trinajstić information content (AvgIpc) is 4.05. The summed E-state index contributed by atoms with van der Waals surface area (Å²) in [6.45, 7) is 4.41. The summed E-state index contributed by atoms with van der Waals surface area (Å²) in [7, 11) is 0. The zero-order chi connectivity index (χ0) is 44.6. The monoisotopic (exact) mass is 862 g/mol. The summed E-state index contributed by atoms with van der Waals surface area (Å²) in [6.07, 6.45) is 7.70. The molecule has 11 aromatic rings. The molecule has 9 aromatic carbocycles. The number of nitrogens with zero attached hydrogens (tertiary/aromatic N) is 2. The molecule has 0 amide bonds. The van der Waals surface area contributed by atoms with E-state index >= 15 is 0 Å². The predicted octanol–water partition coefficient (Wildman–Crippen LogP) is 17.0. The molecule has 0 fully saturated rings. The zero-order valence-corrected chi connectivity index (χ0v) is 37.4. The molecule has 1 unspecified atom stereocenters. The molecular weight excluding hydrogens is 817 g/mol. The van der Waals surface area contributed by atoms with Crippen LogP contribution in [0, 0.1) is 6.92 Å².